The van der Waals surface area contributed by atoms with E-state index in [1.807, 2.05) is 6.07 Å². The van der Waals surface area contributed by atoms with E-state index in [9.17, 15) is 14.4 Å². The third-order valence-electron chi connectivity index (χ3n) is 4.78. The van der Waals surface area contributed by atoms with Crippen molar-refractivity contribution in [3.63, 3.8) is 0 Å². The molecular formula is C22H22N2O5. The summed E-state index contributed by atoms with van der Waals surface area (Å²) < 4.78 is 10.1. The maximum Gasteiger partial charge on any atom is 0.336 e. The number of para-hydroxylation sites is 1. The fourth-order valence-corrected chi connectivity index (χ4v) is 3.40. The highest BCUT2D eigenvalue weighted by molar-refractivity contribution is 6.10. The van der Waals surface area contributed by atoms with Crippen LogP contribution in [0.25, 0.3) is 0 Å². The highest BCUT2D eigenvalue weighted by atomic mass is 16.5. The lowest BCUT2D eigenvalue weighted by atomic mass is 9.88. The normalized spacial score (nSPS) is 16.4. The van der Waals surface area contributed by atoms with Gasteiger partial charge in [-0.3, -0.25) is 14.5 Å². The standard InChI is InChI=1S/C22H22N2O5/c1-14-20(22(27)29-3)18(13-19(25)24(14)16-9-5-4-6-10-16)21(26)23-15-8-7-11-17(12-15)28-2/h4-12,18H,13H2,1-3H3,(H,23,26)/t18-/m1/s1. The highest BCUT2D eigenvalue weighted by Gasteiger charge is 2.40. The molecule has 7 nitrogen and oxygen atoms in total. The molecule has 0 spiro atoms. The summed E-state index contributed by atoms with van der Waals surface area (Å²) in [7, 11) is 2.78. The van der Waals surface area contributed by atoms with E-state index in [4.69, 9.17) is 9.47 Å². The van der Waals surface area contributed by atoms with Gasteiger partial charge in [0.05, 0.1) is 25.7 Å². The average molecular weight is 394 g/mol. The number of hydrogen-bond donors (Lipinski definition) is 1. The zero-order chi connectivity index (χ0) is 21.0. The van der Waals surface area contributed by atoms with E-state index in [0.29, 0.717) is 22.8 Å². The van der Waals surface area contributed by atoms with E-state index in [0.717, 1.165) is 0 Å². The minimum absolute atomic E-state index is 0.146. The van der Waals surface area contributed by atoms with Gasteiger partial charge >= 0.3 is 5.97 Å². The van der Waals surface area contributed by atoms with Crippen molar-refractivity contribution in [3.8, 4) is 5.75 Å². The molecule has 1 N–H and O–H groups in total. The molecule has 7 heteroatoms. The number of nitrogens with one attached hydrogen (secondary N) is 1. The summed E-state index contributed by atoms with van der Waals surface area (Å²) in [5.74, 6) is -1.74. The smallest absolute Gasteiger partial charge is 0.336 e. The average Bonchev–Trinajstić information content (AvgIpc) is 2.73. The molecule has 2 aromatic rings. The van der Waals surface area contributed by atoms with E-state index in [1.165, 1.54) is 19.1 Å². The van der Waals surface area contributed by atoms with Crippen LogP contribution in [0.5, 0.6) is 5.75 Å². The van der Waals surface area contributed by atoms with Gasteiger partial charge in [0.1, 0.15) is 5.75 Å². The van der Waals surface area contributed by atoms with Crippen molar-refractivity contribution >= 4 is 29.2 Å². The molecule has 29 heavy (non-hydrogen) atoms. The van der Waals surface area contributed by atoms with Crippen LogP contribution in [0.3, 0.4) is 0 Å². The van der Waals surface area contributed by atoms with Gasteiger partial charge in [0.15, 0.2) is 0 Å². The number of carbonyl (C=O) groups is 3. The molecule has 0 fully saturated rings. The Morgan fingerprint density at radius 1 is 1.07 bits per heavy atom. The number of anilines is 2. The Morgan fingerprint density at radius 2 is 1.79 bits per heavy atom. The lowest BCUT2D eigenvalue weighted by molar-refractivity contribution is -0.138. The quantitative estimate of drug-likeness (QED) is 0.788. The van der Waals surface area contributed by atoms with Crippen molar-refractivity contribution in [2.75, 3.05) is 24.4 Å². The number of esters is 1. The van der Waals surface area contributed by atoms with Crippen molar-refractivity contribution in [2.24, 2.45) is 5.92 Å². The first-order valence-corrected chi connectivity index (χ1v) is 9.08. The molecule has 0 aliphatic carbocycles. The van der Waals surface area contributed by atoms with Crippen LogP contribution in [-0.4, -0.2) is 32.0 Å². The van der Waals surface area contributed by atoms with Crippen LogP contribution in [-0.2, 0) is 19.1 Å². The molecule has 2 amide bonds. The number of amides is 2. The number of methoxy groups -OCH3 is 2. The van der Waals surface area contributed by atoms with Crippen molar-refractivity contribution in [1.82, 2.24) is 0 Å². The van der Waals surface area contributed by atoms with Gasteiger partial charge in [-0.15, -0.1) is 0 Å². The van der Waals surface area contributed by atoms with Crippen LogP contribution in [0.1, 0.15) is 13.3 Å². The summed E-state index contributed by atoms with van der Waals surface area (Å²) in [5.41, 5.74) is 1.68. The Morgan fingerprint density at radius 3 is 2.45 bits per heavy atom. The van der Waals surface area contributed by atoms with Crippen LogP contribution in [0.2, 0.25) is 0 Å². The Kier molecular flexibility index (Phi) is 5.97. The van der Waals surface area contributed by atoms with Crippen molar-refractivity contribution in [3.05, 3.63) is 65.9 Å². The molecule has 0 radical (unpaired) electrons. The maximum atomic E-state index is 13.0. The van der Waals surface area contributed by atoms with Gasteiger partial charge in [0.2, 0.25) is 11.8 Å². The minimum atomic E-state index is -0.957. The minimum Gasteiger partial charge on any atom is -0.497 e. The molecular weight excluding hydrogens is 372 g/mol. The van der Waals surface area contributed by atoms with Crippen LogP contribution in [0, 0.1) is 5.92 Å². The van der Waals surface area contributed by atoms with Gasteiger partial charge < -0.3 is 14.8 Å². The molecule has 1 aliphatic rings. The third kappa shape index (κ3) is 4.13. The molecule has 0 saturated heterocycles. The Balaban J connectivity index is 1.97. The summed E-state index contributed by atoms with van der Waals surface area (Å²) in [5, 5.41) is 2.76. The monoisotopic (exact) mass is 394 g/mol. The van der Waals surface area contributed by atoms with E-state index in [2.05, 4.69) is 5.32 Å². The molecule has 0 bridgehead atoms. The molecule has 0 aromatic heterocycles. The van der Waals surface area contributed by atoms with E-state index < -0.39 is 17.8 Å². The number of ether oxygens (including phenoxy) is 2. The lowest BCUT2D eigenvalue weighted by Crippen LogP contribution is -2.43. The largest absolute Gasteiger partial charge is 0.497 e. The van der Waals surface area contributed by atoms with Crippen LogP contribution >= 0.6 is 0 Å². The number of nitrogens with zero attached hydrogens (tertiary/aromatic N) is 1. The maximum absolute atomic E-state index is 13.0. The van der Waals surface area contributed by atoms with Crippen LogP contribution in [0.4, 0.5) is 11.4 Å². The molecule has 0 unspecified atom stereocenters. The Bertz CT molecular complexity index is 968. The molecule has 0 saturated carbocycles. The molecule has 150 valence electrons. The first-order valence-electron chi connectivity index (χ1n) is 9.08. The second kappa shape index (κ2) is 8.60. The summed E-state index contributed by atoms with van der Waals surface area (Å²) in [6.07, 6.45) is -0.146. The summed E-state index contributed by atoms with van der Waals surface area (Å²) in [6.45, 7) is 1.64. The lowest BCUT2D eigenvalue weighted by Gasteiger charge is -2.33. The number of hydrogen-bond acceptors (Lipinski definition) is 5. The second-order valence-corrected chi connectivity index (χ2v) is 6.53. The van der Waals surface area contributed by atoms with E-state index in [1.54, 1.807) is 55.5 Å². The zero-order valence-corrected chi connectivity index (χ0v) is 16.5. The van der Waals surface area contributed by atoms with Gasteiger partial charge in [-0.1, -0.05) is 24.3 Å². The van der Waals surface area contributed by atoms with Crippen LogP contribution in [0.15, 0.2) is 65.9 Å². The third-order valence-corrected chi connectivity index (χ3v) is 4.78. The number of rotatable bonds is 5. The van der Waals surface area contributed by atoms with Crippen molar-refractivity contribution in [1.29, 1.82) is 0 Å². The number of carbonyl (C=O) groups excluding carboxylic acids is 3. The highest BCUT2D eigenvalue weighted by Crippen LogP contribution is 2.34. The Hall–Kier alpha value is -3.61. The van der Waals surface area contributed by atoms with Gasteiger partial charge in [-0.2, -0.15) is 0 Å². The zero-order valence-electron chi connectivity index (χ0n) is 16.5. The van der Waals surface area contributed by atoms with E-state index >= 15 is 0 Å². The number of allylic oxidation sites excluding steroid dienone is 1. The first-order chi connectivity index (χ1) is 14.0. The van der Waals surface area contributed by atoms with Crippen molar-refractivity contribution in [2.45, 2.75) is 13.3 Å². The molecule has 1 heterocycles. The molecule has 3 rings (SSSR count). The SMILES string of the molecule is COC(=O)C1=C(C)N(c2ccccc2)C(=O)C[C@H]1C(=O)Nc1cccc(OC)c1. The molecule has 2 aromatic carbocycles. The van der Waals surface area contributed by atoms with E-state index in [-0.39, 0.29) is 17.9 Å². The Labute approximate surface area is 168 Å². The van der Waals surface area contributed by atoms with Crippen molar-refractivity contribution < 1.29 is 23.9 Å². The summed E-state index contributed by atoms with van der Waals surface area (Å²) in [4.78, 5) is 39.8. The fourth-order valence-electron chi connectivity index (χ4n) is 3.40. The fraction of sp³-hybridized carbons (Fsp3) is 0.227. The van der Waals surface area contributed by atoms with Gasteiger partial charge in [0, 0.05) is 29.6 Å². The van der Waals surface area contributed by atoms with Gasteiger partial charge in [0.25, 0.3) is 0 Å². The van der Waals surface area contributed by atoms with Crippen LogP contribution < -0.4 is 15.0 Å². The van der Waals surface area contributed by atoms with Gasteiger partial charge in [-0.25, -0.2) is 4.79 Å². The molecule has 1 atom stereocenters. The topological polar surface area (TPSA) is 84.9 Å². The first kappa shape index (κ1) is 20.1. The predicted octanol–water partition coefficient (Wildman–Crippen LogP) is 3.13. The predicted molar refractivity (Wildman–Crippen MR) is 108 cm³/mol. The molecule has 1 aliphatic heterocycles. The number of benzene rings is 2. The summed E-state index contributed by atoms with van der Waals surface area (Å²) >= 11 is 0. The van der Waals surface area contributed by atoms with Gasteiger partial charge in [-0.05, 0) is 31.2 Å². The summed E-state index contributed by atoms with van der Waals surface area (Å²) in [6, 6.07) is 15.8. The second-order valence-electron chi connectivity index (χ2n) is 6.53.